The van der Waals surface area contributed by atoms with E-state index in [9.17, 15) is 4.39 Å². The number of nitrogens with zero attached hydrogens (tertiary/aromatic N) is 1. The number of benzene rings is 2. The topological polar surface area (TPSA) is 49.5 Å². The first-order valence-electron chi connectivity index (χ1n) is 6.60. The molecule has 106 valence electrons. The summed E-state index contributed by atoms with van der Waals surface area (Å²) in [6.07, 6.45) is 0. The van der Waals surface area contributed by atoms with E-state index in [0.29, 0.717) is 19.6 Å². The third kappa shape index (κ3) is 4.05. The maximum Gasteiger partial charge on any atom is 0.146 e. The van der Waals surface area contributed by atoms with E-state index >= 15 is 0 Å². The quantitative estimate of drug-likeness (QED) is 0.795. The Morgan fingerprint density at radius 2 is 1.70 bits per heavy atom. The Balaban J connectivity index is 2.06. The second kappa shape index (κ2) is 7.03. The van der Waals surface area contributed by atoms with E-state index < -0.39 is 5.82 Å². The summed E-state index contributed by atoms with van der Waals surface area (Å²) in [6.45, 7) is 1.91. The third-order valence-corrected chi connectivity index (χ3v) is 3.14. The normalized spacial score (nSPS) is 10.9. The van der Waals surface area contributed by atoms with Crippen LogP contribution in [0, 0.1) is 5.82 Å². The first kappa shape index (κ1) is 14.5. The summed E-state index contributed by atoms with van der Waals surface area (Å²) in [7, 11) is 0. The van der Waals surface area contributed by atoms with Gasteiger partial charge in [0.25, 0.3) is 0 Å². The van der Waals surface area contributed by atoms with Crippen LogP contribution in [0.3, 0.4) is 0 Å². The highest BCUT2D eigenvalue weighted by Gasteiger charge is 2.08. The van der Waals surface area contributed by atoms with E-state index in [4.69, 9.17) is 10.8 Å². The van der Waals surface area contributed by atoms with Crippen molar-refractivity contribution in [2.75, 3.05) is 18.9 Å². The molecule has 0 aliphatic carbocycles. The lowest BCUT2D eigenvalue weighted by Crippen LogP contribution is -2.26. The standard InChI is InChI=1S/C16H19FN2O/c17-15-10-14(6-7-16(15)18)12-19(8-9-20)11-13-4-2-1-3-5-13/h1-7,10,20H,8-9,11-12,18H2. The second-order valence-electron chi connectivity index (χ2n) is 4.78. The molecule has 0 unspecified atom stereocenters. The summed E-state index contributed by atoms with van der Waals surface area (Å²) < 4.78 is 13.4. The van der Waals surface area contributed by atoms with Crippen molar-refractivity contribution in [2.45, 2.75) is 13.1 Å². The molecule has 3 nitrogen and oxygen atoms in total. The van der Waals surface area contributed by atoms with Crippen molar-refractivity contribution in [1.29, 1.82) is 0 Å². The van der Waals surface area contributed by atoms with Gasteiger partial charge in [0, 0.05) is 19.6 Å². The molecule has 4 heteroatoms. The SMILES string of the molecule is Nc1ccc(CN(CCO)Cc2ccccc2)cc1F. The van der Waals surface area contributed by atoms with E-state index in [1.165, 1.54) is 6.07 Å². The van der Waals surface area contributed by atoms with Crippen LogP contribution in [0.5, 0.6) is 0 Å². The Kier molecular flexibility index (Phi) is 5.09. The summed E-state index contributed by atoms with van der Waals surface area (Å²) in [6, 6.07) is 14.8. The maximum absolute atomic E-state index is 13.4. The lowest BCUT2D eigenvalue weighted by atomic mass is 10.1. The van der Waals surface area contributed by atoms with Gasteiger partial charge >= 0.3 is 0 Å². The molecule has 2 aromatic rings. The van der Waals surface area contributed by atoms with Gasteiger partial charge < -0.3 is 10.8 Å². The van der Waals surface area contributed by atoms with Crippen molar-refractivity contribution >= 4 is 5.69 Å². The van der Waals surface area contributed by atoms with Gasteiger partial charge in [-0.25, -0.2) is 4.39 Å². The van der Waals surface area contributed by atoms with Crippen LogP contribution in [0.15, 0.2) is 48.5 Å². The highest BCUT2D eigenvalue weighted by Crippen LogP contribution is 2.15. The van der Waals surface area contributed by atoms with Crippen LogP contribution in [0.2, 0.25) is 0 Å². The fraction of sp³-hybridized carbons (Fsp3) is 0.250. The van der Waals surface area contributed by atoms with Crippen molar-refractivity contribution in [3.05, 3.63) is 65.5 Å². The van der Waals surface area contributed by atoms with Crippen LogP contribution in [-0.2, 0) is 13.1 Å². The first-order valence-corrected chi connectivity index (χ1v) is 6.60. The van der Waals surface area contributed by atoms with Crippen molar-refractivity contribution in [1.82, 2.24) is 4.90 Å². The largest absolute Gasteiger partial charge is 0.396 e. The van der Waals surface area contributed by atoms with Gasteiger partial charge in [0.05, 0.1) is 12.3 Å². The molecule has 0 saturated heterocycles. The molecule has 2 rings (SSSR count). The summed E-state index contributed by atoms with van der Waals surface area (Å²) >= 11 is 0. The summed E-state index contributed by atoms with van der Waals surface area (Å²) in [5, 5.41) is 9.16. The minimum atomic E-state index is -0.397. The lowest BCUT2D eigenvalue weighted by Gasteiger charge is -2.21. The number of anilines is 1. The highest BCUT2D eigenvalue weighted by atomic mass is 19.1. The van der Waals surface area contributed by atoms with Crippen LogP contribution in [-0.4, -0.2) is 23.2 Å². The van der Waals surface area contributed by atoms with Crippen molar-refractivity contribution in [2.24, 2.45) is 0 Å². The molecular weight excluding hydrogens is 255 g/mol. The summed E-state index contributed by atoms with van der Waals surface area (Å²) in [5.41, 5.74) is 7.64. The Hall–Kier alpha value is -1.91. The molecule has 0 aliphatic heterocycles. The minimum absolute atomic E-state index is 0.0737. The number of hydrogen-bond donors (Lipinski definition) is 2. The number of hydrogen-bond acceptors (Lipinski definition) is 3. The van der Waals surface area contributed by atoms with Gasteiger partial charge in [0.2, 0.25) is 0 Å². The fourth-order valence-electron chi connectivity index (χ4n) is 2.12. The van der Waals surface area contributed by atoms with Crippen LogP contribution < -0.4 is 5.73 Å². The molecule has 0 amide bonds. The number of aliphatic hydroxyl groups is 1. The molecule has 0 aliphatic rings. The Labute approximate surface area is 118 Å². The molecule has 20 heavy (non-hydrogen) atoms. The van der Waals surface area contributed by atoms with Gasteiger partial charge in [0.1, 0.15) is 5.82 Å². The molecular formula is C16H19FN2O. The molecule has 0 fully saturated rings. The van der Waals surface area contributed by atoms with Crippen molar-refractivity contribution in [3.63, 3.8) is 0 Å². The predicted octanol–water partition coefficient (Wildman–Crippen LogP) is 2.40. The minimum Gasteiger partial charge on any atom is -0.396 e. The molecule has 0 saturated carbocycles. The molecule has 0 spiro atoms. The van der Waals surface area contributed by atoms with Gasteiger partial charge in [-0.05, 0) is 23.3 Å². The number of rotatable bonds is 6. The van der Waals surface area contributed by atoms with Gasteiger partial charge in [0.15, 0.2) is 0 Å². The zero-order valence-electron chi connectivity index (χ0n) is 11.3. The monoisotopic (exact) mass is 274 g/mol. The average molecular weight is 274 g/mol. The Bertz CT molecular complexity index is 545. The van der Waals surface area contributed by atoms with Crippen LogP contribution in [0.25, 0.3) is 0 Å². The second-order valence-corrected chi connectivity index (χ2v) is 4.78. The molecule has 0 atom stereocenters. The van der Waals surface area contributed by atoms with E-state index in [2.05, 4.69) is 4.90 Å². The van der Waals surface area contributed by atoms with Crippen molar-refractivity contribution < 1.29 is 9.50 Å². The van der Waals surface area contributed by atoms with Crippen LogP contribution >= 0.6 is 0 Å². The summed E-state index contributed by atoms with van der Waals surface area (Å²) in [5.74, 6) is -0.397. The fourth-order valence-corrected chi connectivity index (χ4v) is 2.12. The van der Waals surface area contributed by atoms with E-state index in [0.717, 1.165) is 11.1 Å². The molecule has 0 radical (unpaired) electrons. The Morgan fingerprint density at radius 1 is 1.00 bits per heavy atom. The molecule has 0 heterocycles. The molecule has 0 aromatic heterocycles. The smallest absolute Gasteiger partial charge is 0.146 e. The van der Waals surface area contributed by atoms with E-state index in [1.807, 2.05) is 36.4 Å². The number of halogens is 1. The van der Waals surface area contributed by atoms with Gasteiger partial charge in [-0.3, -0.25) is 4.90 Å². The van der Waals surface area contributed by atoms with Gasteiger partial charge in [-0.2, -0.15) is 0 Å². The third-order valence-electron chi connectivity index (χ3n) is 3.14. The molecule has 3 N–H and O–H groups in total. The lowest BCUT2D eigenvalue weighted by molar-refractivity contribution is 0.184. The van der Waals surface area contributed by atoms with Crippen LogP contribution in [0.4, 0.5) is 10.1 Å². The average Bonchev–Trinajstić information content (AvgIpc) is 2.44. The zero-order valence-corrected chi connectivity index (χ0v) is 11.3. The van der Waals surface area contributed by atoms with Gasteiger partial charge in [-0.15, -0.1) is 0 Å². The van der Waals surface area contributed by atoms with Gasteiger partial charge in [-0.1, -0.05) is 36.4 Å². The number of aliphatic hydroxyl groups excluding tert-OH is 1. The maximum atomic E-state index is 13.4. The van der Waals surface area contributed by atoms with Crippen LogP contribution in [0.1, 0.15) is 11.1 Å². The Morgan fingerprint density at radius 3 is 2.35 bits per heavy atom. The van der Waals surface area contributed by atoms with E-state index in [-0.39, 0.29) is 12.3 Å². The number of nitrogen functional groups attached to an aromatic ring is 1. The van der Waals surface area contributed by atoms with E-state index in [1.54, 1.807) is 6.07 Å². The molecule has 2 aromatic carbocycles. The zero-order chi connectivity index (χ0) is 14.4. The first-order chi connectivity index (χ1) is 9.69. The predicted molar refractivity (Wildman–Crippen MR) is 78.5 cm³/mol. The number of nitrogens with two attached hydrogens (primary N) is 1. The highest BCUT2D eigenvalue weighted by molar-refractivity contribution is 5.41. The molecule has 0 bridgehead atoms. The summed E-state index contributed by atoms with van der Waals surface area (Å²) in [4.78, 5) is 2.07. The van der Waals surface area contributed by atoms with Crippen molar-refractivity contribution in [3.8, 4) is 0 Å².